The molecule has 1 heterocycles. The number of aromatic nitrogens is 3. The van der Waals surface area contributed by atoms with Gasteiger partial charge in [0.1, 0.15) is 41.5 Å². The number of ether oxygens (including phenoxy) is 2. The Morgan fingerprint density at radius 1 is 1.18 bits per heavy atom. The maximum absolute atomic E-state index is 15.3. The zero-order valence-electron chi connectivity index (χ0n) is 26.9. The molecule has 1 aromatic heterocycles. The first-order valence-corrected chi connectivity index (χ1v) is 17.2. The summed E-state index contributed by atoms with van der Waals surface area (Å²) < 4.78 is 47.0. The minimum atomic E-state index is -2.32. The summed E-state index contributed by atoms with van der Waals surface area (Å²) in [6, 6.07) is 0.291. The number of carbonyl (C=O) groups excluding carboxylic acids is 2. The predicted octanol–water partition coefficient (Wildman–Crippen LogP) is 4.01. The number of hydrogen-bond acceptors (Lipinski definition) is 9. The van der Waals surface area contributed by atoms with Crippen LogP contribution in [0.1, 0.15) is 54.0 Å². The fourth-order valence-electron chi connectivity index (χ4n) is 3.82. The van der Waals surface area contributed by atoms with E-state index in [9.17, 15) is 19.1 Å². The van der Waals surface area contributed by atoms with E-state index in [4.69, 9.17) is 26.1 Å². The molecule has 0 saturated heterocycles. The first-order chi connectivity index (χ1) is 20.1. The Bertz CT molecular complexity index is 1300. The molecule has 1 amide bonds. The molecule has 0 aliphatic rings. The normalized spacial score (nSPS) is 15.0. The maximum Gasteiger partial charge on any atom is 0.426 e. The summed E-state index contributed by atoms with van der Waals surface area (Å²) in [4.78, 5) is 29.7. The van der Waals surface area contributed by atoms with Crippen molar-refractivity contribution in [1.29, 1.82) is 0 Å². The van der Waals surface area contributed by atoms with Gasteiger partial charge in [0.25, 0.3) is 0 Å². The van der Waals surface area contributed by atoms with E-state index in [1.54, 1.807) is 20.8 Å². The summed E-state index contributed by atoms with van der Waals surface area (Å²) in [6.07, 6.45) is 1.56. The highest BCUT2D eigenvalue weighted by molar-refractivity contribution is 7.80. The second kappa shape index (κ2) is 14.3. The molecule has 0 bridgehead atoms. The predicted molar refractivity (Wildman–Crippen MR) is 166 cm³/mol. The lowest BCUT2D eigenvalue weighted by atomic mass is 9.86. The molecule has 0 aliphatic carbocycles. The van der Waals surface area contributed by atoms with Gasteiger partial charge in [-0.25, -0.2) is 33.5 Å². The molecule has 3 atom stereocenters. The molecule has 2 aromatic rings. The number of benzene rings is 1. The van der Waals surface area contributed by atoms with Crippen LogP contribution in [0.15, 0.2) is 30.9 Å². The number of thiocarbonyl (C=S) groups is 1. The minimum Gasteiger partial charge on any atom is -0.467 e. The number of carbonyl (C=O) groups is 2. The van der Waals surface area contributed by atoms with Crippen LogP contribution in [-0.4, -0.2) is 81.8 Å². The van der Waals surface area contributed by atoms with Gasteiger partial charge in [-0.3, -0.25) is 5.01 Å². The molecule has 2 rings (SSSR count). The van der Waals surface area contributed by atoms with E-state index in [1.807, 2.05) is 33.9 Å². The number of esters is 1. The molecule has 1 unspecified atom stereocenters. The Kier molecular flexibility index (Phi) is 12.0. The Morgan fingerprint density at radius 2 is 1.82 bits per heavy atom. The van der Waals surface area contributed by atoms with Crippen molar-refractivity contribution in [3.63, 3.8) is 0 Å². The number of rotatable bonds is 10. The van der Waals surface area contributed by atoms with Crippen molar-refractivity contribution < 1.29 is 37.4 Å². The van der Waals surface area contributed by atoms with Gasteiger partial charge in [-0.15, -0.1) is 0 Å². The summed E-state index contributed by atoms with van der Waals surface area (Å²) in [6.45, 7) is 16.1. The van der Waals surface area contributed by atoms with E-state index < -0.39 is 55.3 Å². The number of hydrogen-bond donors (Lipinski definition) is 3. The Balaban J connectivity index is 2.57. The van der Waals surface area contributed by atoms with Crippen LogP contribution in [0, 0.1) is 11.6 Å². The van der Waals surface area contributed by atoms with Crippen molar-refractivity contribution in [2.45, 2.75) is 96.4 Å². The molecular formula is C28H44F2N6O6SSi. The lowest BCUT2D eigenvalue weighted by Gasteiger charge is -2.42. The third-order valence-electron chi connectivity index (χ3n) is 7.38. The Morgan fingerprint density at radius 3 is 2.32 bits per heavy atom. The van der Waals surface area contributed by atoms with Crippen LogP contribution in [0.4, 0.5) is 13.6 Å². The summed E-state index contributed by atoms with van der Waals surface area (Å²) in [5, 5.41) is 19.7. The molecule has 12 nitrogen and oxygen atoms in total. The van der Waals surface area contributed by atoms with Crippen LogP contribution >= 0.6 is 12.2 Å². The van der Waals surface area contributed by atoms with Crippen molar-refractivity contribution in [1.82, 2.24) is 30.5 Å². The topological polar surface area (TPSA) is 140 Å². The summed E-state index contributed by atoms with van der Waals surface area (Å²) >= 11 is 5.65. The molecule has 16 heteroatoms. The van der Waals surface area contributed by atoms with E-state index in [1.165, 1.54) is 31.4 Å². The smallest absolute Gasteiger partial charge is 0.426 e. The standard InChI is InChI=1S/C28H44F2N6O6SSi/c1-18(28(39,15-35-17-31-16-32-35)20-12-11-19(29)13-21(20)30)36(34-25(38)42-26(2,3)4)24(43)33-22(23(37)40-8)14-41-44(9,10)27(5,6)7/h11-13,16-18,22,39H,14-15H2,1-10H3,(H,33,43)(H,34,38)/t18-,22?,28-/m1/s1. The number of nitrogens with zero attached hydrogens (tertiary/aromatic N) is 4. The highest BCUT2D eigenvalue weighted by Gasteiger charge is 2.45. The molecule has 0 fully saturated rings. The molecule has 0 spiro atoms. The van der Waals surface area contributed by atoms with Crippen molar-refractivity contribution in [3.8, 4) is 0 Å². The van der Waals surface area contributed by atoms with Crippen LogP contribution < -0.4 is 10.7 Å². The Hall–Kier alpha value is -3.21. The van der Waals surface area contributed by atoms with Gasteiger partial charge in [0, 0.05) is 11.6 Å². The fraction of sp³-hybridized carbons (Fsp3) is 0.607. The lowest BCUT2D eigenvalue weighted by Crippen LogP contribution is -2.64. The fourth-order valence-corrected chi connectivity index (χ4v) is 5.18. The van der Waals surface area contributed by atoms with E-state index in [2.05, 4.69) is 20.8 Å². The number of hydrazine groups is 1. The molecule has 1 aromatic carbocycles. The van der Waals surface area contributed by atoms with Gasteiger partial charge >= 0.3 is 12.1 Å². The highest BCUT2D eigenvalue weighted by atomic mass is 32.1. The second-order valence-electron chi connectivity index (χ2n) is 12.9. The van der Waals surface area contributed by atoms with E-state index in [0.29, 0.717) is 6.07 Å². The van der Waals surface area contributed by atoms with Crippen LogP contribution in [0.5, 0.6) is 0 Å². The second-order valence-corrected chi connectivity index (χ2v) is 18.1. The summed E-state index contributed by atoms with van der Waals surface area (Å²) in [7, 11) is -1.11. The van der Waals surface area contributed by atoms with Crippen LogP contribution in [0.25, 0.3) is 0 Å². The van der Waals surface area contributed by atoms with Crippen molar-refractivity contribution >= 4 is 37.7 Å². The number of amides is 1. The zero-order valence-corrected chi connectivity index (χ0v) is 28.7. The average Bonchev–Trinajstić information content (AvgIpc) is 3.39. The monoisotopic (exact) mass is 658 g/mol. The van der Waals surface area contributed by atoms with E-state index in [-0.39, 0.29) is 28.9 Å². The quantitative estimate of drug-likeness (QED) is 0.148. The van der Waals surface area contributed by atoms with Gasteiger partial charge in [0.05, 0.1) is 26.3 Å². The zero-order chi connectivity index (χ0) is 33.7. The lowest BCUT2D eigenvalue weighted by molar-refractivity contribution is -0.143. The minimum absolute atomic E-state index is 0.117. The van der Waals surface area contributed by atoms with Gasteiger partial charge in [0.2, 0.25) is 0 Å². The molecule has 3 N–H and O–H groups in total. The number of aliphatic hydroxyl groups is 1. The third-order valence-corrected chi connectivity index (χ3v) is 12.2. The molecule has 0 saturated carbocycles. The molecule has 0 radical (unpaired) electrons. The molecule has 44 heavy (non-hydrogen) atoms. The molecule has 0 aliphatic heterocycles. The van der Waals surface area contributed by atoms with Gasteiger partial charge in [-0.1, -0.05) is 26.8 Å². The van der Waals surface area contributed by atoms with E-state index >= 15 is 4.39 Å². The van der Waals surface area contributed by atoms with Crippen LogP contribution in [0.2, 0.25) is 18.1 Å². The number of methoxy groups -OCH3 is 1. The highest BCUT2D eigenvalue weighted by Crippen LogP contribution is 2.37. The first-order valence-electron chi connectivity index (χ1n) is 13.9. The van der Waals surface area contributed by atoms with Gasteiger partial charge in [-0.2, -0.15) is 5.10 Å². The van der Waals surface area contributed by atoms with Gasteiger partial charge in [0.15, 0.2) is 13.4 Å². The largest absolute Gasteiger partial charge is 0.467 e. The van der Waals surface area contributed by atoms with Gasteiger partial charge < -0.3 is 24.3 Å². The van der Waals surface area contributed by atoms with Gasteiger partial charge in [-0.05, 0) is 64.1 Å². The first kappa shape index (κ1) is 37.0. The van der Waals surface area contributed by atoms with Crippen molar-refractivity contribution in [3.05, 3.63) is 48.1 Å². The molecular weight excluding hydrogens is 614 g/mol. The summed E-state index contributed by atoms with van der Waals surface area (Å²) in [5.74, 6) is -2.60. The Labute approximate surface area is 263 Å². The average molecular weight is 659 g/mol. The number of halogens is 2. The van der Waals surface area contributed by atoms with Crippen molar-refractivity contribution in [2.24, 2.45) is 0 Å². The SMILES string of the molecule is COC(=O)C(CO[Si](C)(C)C(C)(C)C)NC(=S)N(NC(=O)OC(C)(C)C)[C@H](C)[C@](O)(Cn1cncn1)c1ccc(F)cc1F. The van der Waals surface area contributed by atoms with Crippen LogP contribution in [0.3, 0.4) is 0 Å². The number of nitrogens with one attached hydrogen (secondary N) is 2. The van der Waals surface area contributed by atoms with Crippen LogP contribution in [-0.2, 0) is 30.8 Å². The third kappa shape index (κ3) is 9.64. The van der Waals surface area contributed by atoms with Crippen molar-refractivity contribution in [2.75, 3.05) is 13.7 Å². The summed E-state index contributed by atoms with van der Waals surface area (Å²) in [5.41, 5.74) is -0.948. The van der Waals surface area contributed by atoms with E-state index in [0.717, 1.165) is 17.1 Å². The molecule has 246 valence electrons. The maximum atomic E-state index is 15.3.